The van der Waals surface area contributed by atoms with Gasteiger partial charge in [-0.25, -0.2) is 14.1 Å². The number of hydrogen-bond donors (Lipinski definition) is 0. The number of nitrogens with zero attached hydrogens (tertiary/aromatic N) is 1. The highest BCUT2D eigenvalue weighted by molar-refractivity contribution is 6.21. The minimum absolute atomic E-state index is 0.344. The molecular formula is C21H20FNO3. The van der Waals surface area contributed by atoms with Crippen molar-refractivity contribution in [3.63, 3.8) is 0 Å². The molecule has 1 aliphatic carbocycles. The molecule has 134 valence electrons. The summed E-state index contributed by atoms with van der Waals surface area (Å²) in [6.45, 7) is 5.24. The van der Waals surface area contributed by atoms with Crippen LogP contribution < -0.4 is 4.90 Å². The highest BCUT2D eigenvalue weighted by Gasteiger charge is 2.56. The Hall–Kier alpha value is -2.69. The number of carbonyl (C=O) groups excluding carboxylic acids is 2. The van der Waals surface area contributed by atoms with E-state index in [9.17, 15) is 14.0 Å². The third-order valence-electron chi connectivity index (χ3n) is 5.01. The molecule has 4 nitrogen and oxygen atoms in total. The fourth-order valence-corrected chi connectivity index (χ4v) is 3.97. The summed E-state index contributed by atoms with van der Waals surface area (Å²) in [5.74, 6) is -0.763. The monoisotopic (exact) mass is 353 g/mol. The minimum Gasteiger partial charge on any atom is -0.443 e. The van der Waals surface area contributed by atoms with Crippen LogP contribution in [-0.2, 0) is 27.8 Å². The number of anilines is 1. The van der Waals surface area contributed by atoms with Crippen molar-refractivity contribution in [2.24, 2.45) is 0 Å². The van der Waals surface area contributed by atoms with Crippen molar-refractivity contribution < 1.29 is 18.7 Å². The van der Waals surface area contributed by atoms with Gasteiger partial charge in [-0.1, -0.05) is 24.3 Å². The fourth-order valence-electron chi connectivity index (χ4n) is 3.97. The molecule has 0 N–H and O–H groups in total. The van der Waals surface area contributed by atoms with Crippen LogP contribution in [0.25, 0.3) is 0 Å². The number of hydrogen-bond acceptors (Lipinski definition) is 3. The zero-order chi connectivity index (χ0) is 18.7. The molecule has 2 aromatic carbocycles. The van der Waals surface area contributed by atoms with E-state index in [1.807, 2.05) is 24.3 Å². The summed E-state index contributed by atoms with van der Waals surface area (Å²) >= 11 is 0. The molecule has 1 spiro atoms. The van der Waals surface area contributed by atoms with E-state index in [1.165, 1.54) is 18.2 Å². The van der Waals surface area contributed by atoms with Gasteiger partial charge in [-0.05, 0) is 68.5 Å². The minimum atomic E-state index is -0.946. The van der Waals surface area contributed by atoms with Crippen molar-refractivity contribution in [2.75, 3.05) is 4.90 Å². The fraction of sp³-hybridized carbons (Fsp3) is 0.333. The Balaban J connectivity index is 1.83. The number of ether oxygens (including phenoxy) is 1. The van der Waals surface area contributed by atoms with Gasteiger partial charge >= 0.3 is 6.09 Å². The first-order valence-corrected chi connectivity index (χ1v) is 8.66. The van der Waals surface area contributed by atoms with Crippen LogP contribution in [-0.4, -0.2) is 17.6 Å². The number of imide groups is 1. The van der Waals surface area contributed by atoms with E-state index in [2.05, 4.69) is 0 Å². The highest BCUT2D eigenvalue weighted by atomic mass is 19.1. The third kappa shape index (κ3) is 2.42. The molecule has 0 atom stereocenters. The Kier molecular flexibility index (Phi) is 3.48. The molecule has 5 heteroatoms. The van der Waals surface area contributed by atoms with Crippen molar-refractivity contribution >= 4 is 17.7 Å². The van der Waals surface area contributed by atoms with E-state index in [0.29, 0.717) is 24.1 Å². The van der Waals surface area contributed by atoms with Crippen LogP contribution in [0.15, 0.2) is 42.5 Å². The van der Waals surface area contributed by atoms with Gasteiger partial charge in [0.1, 0.15) is 11.4 Å². The molecule has 0 fully saturated rings. The van der Waals surface area contributed by atoms with E-state index in [1.54, 1.807) is 20.8 Å². The maximum atomic E-state index is 14.0. The number of amides is 2. The van der Waals surface area contributed by atoms with Gasteiger partial charge in [-0.3, -0.25) is 4.79 Å². The van der Waals surface area contributed by atoms with E-state index < -0.39 is 22.9 Å². The summed E-state index contributed by atoms with van der Waals surface area (Å²) in [5, 5.41) is 0. The van der Waals surface area contributed by atoms with Crippen LogP contribution in [0.5, 0.6) is 0 Å². The molecular weight excluding hydrogens is 333 g/mol. The van der Waals surface area contributed by atoms with Gasteiger partial charge in [-0.15, -0.1) is 0 Å². The molecule has 1 aliphatic heterocycles. The lowest BCUT2D eigenvalue weighted by Crippen LogP contribution is -2.45. The smallest absolute Gasteiger partial charge is 0.421 e. The van der Waals surface area contributed by atoms with Crippen molar-refractivity contribution in [1.82, 2.24) is 0 Å². The molecule has 2 aliphatic rings. The molecule has 2 amide bonds. The topological polar surface area (TPSA) is 46.6 Å². The lowest BCUT2D eigenvalue weighted by atomic mass is 9.79. The molecule has 0 saturated carbocycles. The van der Waals surface area contributed by atoms with Crippen molar-refractivity contribution in [3.8, 4) is 0 Å². The second-order valence-electron chi connectivity index (χ2n) is 7.99. The zero-order valence-electron chi connectivity index (χ0n) is 15.0. The Labute approximate surface area is 151 Å². The normalized spacial score (nSPS) is 17.4. The molecule has 0 saturated heterocycles. The van der Waals surface area contributed by atoms with Crippen LogP contribution in [0, 0.1) is 5.82 Å². The SMILES string of the molecule is CC(C)(C)OC(=O)N1C(=O)C2(Cc3ccccc3C2)c2cc(F)ccc21. The van der Waals surface area contributed by atoms with Crippen LogP contribution in [0.3, 0.4) is 0 Å². The predicted octanol–water partition coefficient (Wildman–Crippen LogP) is 4.14. The Morgan fingerprint density at radius 1 is 1.12 bits per heavy atom. The van der Waals surface area contributed by atoms with E-state index >= 15 is 0 Å². The quantitative estimate of drug-likeness (QED) is 0.715. The van der Waals surface area contributed by atoms with Gasteiger partial charge in [0, 0.05) is 0 Å². The Morgan fingerprint density at radius 3 is 2.31 bits per heavy atom. The number of rotatable bonds is 0. The molecule has 4 rings (SSSR count). The molecule has 0 radical (unpaired) electrons. The lowest BCUT2D eigenvalue weighted by molar-refractivity contribution is -0.122. The van der Waals surface area contributed by atoms with Gasteiger partial charge in [0.05, 0.1) is 11.1 Å². The number of carbonyl (C=O) groups is 2. The maximum Gasteiger partial charge on any atom is 0.421 e. The first-order valence-electron chi connectivity index (χ1n) is 8.66. The second-order valence-corrected chi connectivity index (χ2v) is 7.99. The van der Waals surface area contributed by atoms with Crippen LogP contribution in [0.2, 0.25) is 0 Å². The van der Waals surface area contributed by atoms with Crippen molar-refractivity contribution in [1.29, 1.82) is 0 Å². The molecule has 2 aromatic rings. The van der Waals surface area contributed by atoms with E-state index in [4.69, 9.17) is 4.74 Å². The molecule has 0 bridgehead atoms. The van der Waals surface area contributed by atoms with Crippen molar-refractivity contribution in [3.05, 3.63) is 65.0 Å². The number of benzene rings is 2. The average molecular weight is 353 g/mol. The summed E-state index contributed by atoms with van der Waals surface area (Å²) in [6, 6.07) is 11.9. The highest BCUT2D eigenvalue weighted by Crippen LogP contribution is 2.50. The molecule has 0 aromatic heterocycles. The molecule has 26 heavy (non-hydrogen) atoms. The Bertz CT molecular complexity index is 904. The largest absolute Gasteiger partial charge is 0.443 e. The standard InChI is InChI=1S/C21H20FNO3/c1-20(2,3)26-19(25)23-17-9-8-15(22)10-16(17)21(18(23)24)11-13-6-4-5-7-14(13)12-21/h4-10H,11-12H2,1-3H3. The van der Waals surface area contributed by atoms with Crippen LogP contribution in [0.1, 0.15) is 37.5 Å². The van der Waals surface area contributed by atoms with Gasteiger partial charge in [0.15, 0.2) is 0 Å². The summed E-state index contributed by atoms with van der Waals surface area (Å²) in [6.07, 6.45) is 0.193. The van der Waals surface area contributed by atoms with Crippen molar-refractivity contribution in [2.45, 2.75) is 44.6 Å². The number of fused-ring (bicyclic) bond motifs is 3. The van der Waals surface area contributed by atoms with E-state index in [0.717, 1.165) is 16.0 Å². The Morgan fingerprint density at radius 2 is 1.73 bits per heavy atom. The predicted molar refractivity (Wildman–Crippen MR) is 95.6 cm³/mol. The summed E-state index contributed by atoms with van der Waals surface area (Å²) in [4.78, 5) is 27.2. The molecule has 1 heterocycles. The second kappa shape index (κ2) is 5.40. The van der Waals surface area contributed by atoms with Crippen LogP contribution in [0.4, 0.5) is 14.9 Å². The number of halogens is 1. The maximum absolute atomic E-state index is 14.0. The van der Waals surface area contributed by atoms with Gasteiger partial charge in [0.2, 0.25) is 5.91 Å². The summed E-state index contributed by atoms with van der Waals surface area (Å²) < 4.78 is 19.4. The first kappa shape index (κ1) is 16.8. The van der Waals surface area contributed by atoms with Gasteiger partial charge < -0.3 is 4.74 Å². The summed E-state index contributed by atoms with van der Waals surface area (Å²) in [5.41, 5.74) is 1.41. The third-order valence-corrected chi connectivity index (χ3v) is 5.01. The van der Waals surface area contributed by atoms with E-state index in [-0.39, 0.29) is 5.91 Å². The average Bonchev–Trinajstić information content (AvgIpc) is 3.04. The van der Waals surface area contributed by atoms with Crippen LogP contribution >= 0.6 is 0 Å². The first-order chi connectivity index (χ1) is 12.2. The zero-order valence-corrected chi connectivity index (χ0v) is 15.0. The van der Waals surface area contributed by atoms with Gasteiger partial charge in [0.25, 0.3) is 0 Å². The summed E-state index contributed by atoms with van der Waals surface area (Å²) in [7, 11) is 0. The molecule has 0 unspecified atom stereocenters. The van der Waals surface area contributed by atoms with Gasteiger partial charge in [-0.2, -0.15) is 0 Å². The lowest BCUT2D eigenvalue weighted by Gasteiger charge is -2.25.